The van der Waals surface area contributed by atoms with Gasteiger partial charge < -0.3 is 10.1 Å². The fourth-order valence-corrected chi connectivity index (χ4v) is 3.14. The van der Waals surface area contributed by atoms with Gasteiger partial charge in [-0.25, -0.2) is 9.18 Å². The van der Waals surface area contributed by atoms with Crippen molar-refractivity contribution in [3.63, 3.8) is 0 Å². The van der Waals surface area contributed by atoms with E-state index in [1.54, 1.807) is 30.3 Å². The van der Waals surface area contributed by atoms with E-state index in [9.17, 15) is 14.0 Å². The molecule has 3 rings (SSSR count). The van der Waals surface area contributed by atoms with Crippen LogP contribution in [-0.2, 0) is 9.53 Å². The van der Waals surface area contributed by atoms with Crippen molar-refractivity contribution in [1.82, 2.24) is 14.8 Å². The van der Waals surface area contributed by atoms with Gasteiger partial charge in [-0.15, -0.1) is 10.2 Å². The van der Waals surface area contributed by atoms with Crippen LogP contribution in [0.15, 0.2) is 53.7 Å². The largest absolute Gasteiger partial charge is 0.449 e. The van der Waals surface area contributed by atoms with Crippen molar-refractivity contribution >= 4 is 29.3 Å². The van der Waals surface area contributed by atoms with Gasteiger partial charge in [-0.05, 0) is 56.5 Å². The van der Waals surface area contributed by atoms with E-state index in [0.29, 0.717) is 0 Å². The van der Waals surface area contributed by atoms with Crippen LogP contribution in [0.1, 0.15) is 23.1 Å². The molecule has 9 heteroatoms. The van der Waals surface area contributed by atoms with E-state index >= 15 is 0 Å². The van der Waals surface area contributed by atoms with Gasteiger partial charge in [0, 0.05) is 5.69 Å². The third-order valence-electron chi connectivity index (χ3n) is 4.12. The third kappa shape index (κ3) is 4.62. The molecule has 3 aromatic rings. The topological polar surface area (TPSA) is 86.1 Å². The van der Waals surface area contributed by atoms with Crippen molar-refractivity contribution in [2.75, 3.05) is 11.6 Å². The molecule has 0 aliphatic carbocycles. The summed E-state index contributed by atoms with van der Waals surface area (Å²) in [4.78, 5) is 24.5. The third-order valence-corrected chi connectivity index (χ3v) is 4.75. The van der Waals surface area contributed by atoms with E-state index in [-0.39, 0.29) is 11.3 Å². The molecule has 0 spiro atoms. The highest BCUT2D eigenvalue weighted by molar-refractivity contribution is 7.98. The Labute approximate surface area is 171 Å². The molecule has 0 aliphatic rings. The lowest BCUT2D eigenvalue weighted by Crippen LogP contribution is -2.30. The zero-order valence-corrected chi connectivity index (χ0v) is 16.9. The molecule has 1 N–H and O–H groups in total. The number of aryl methyl sites for hydroxylation is 1. The fourth-order valence-electron chi connectivity index (χ4n) is 2.60. The number of nitrogens with zero attached hydrogens (tertiary/aromatic N) is 3. The molecule has 1 unspecified atom stereocenters. The number of para-hydroxylation sites is 1. The summed E-state index contributed by atoms with van der Waals surface area (Å²) >= 11 is 1.46. The molecule has 1 aromatic heterocycles. The van der Waals surface area contributed by atoms with Crippen molar-refractivity contribution in [3.8, 4) is 5.69 Å². The highest BCUT2D eigenvalue weighted by atomic mass is 32.2. The predicted octanol–water partition coefficient (Wildman–Crippen LogP) is 3.62. The highest BCUT2D eigenvalue weighted by Crippen LogP contribution is 2.20. The van der Waals surface area contributed by atoms with Crippen LogP contribution in [0.2, 0.25) is 0 Å². The summed E-state index contributed by atoms with van der Waals surface area (Å²) in [6, 6.07) is 12.5. The molecule has 29 heavy (non-hydrogen) atoms. The summed E-state index contributed by atoms with van der Waals surface area (Å²) in [5.41, 5.74) is 1.12. The first kappa shape index (κ1) is 20.5. The molecule has 0 saturated carbocycles. The Kier molecular flexibility index (Phi) is 6.28. The lowest BCUT2D eigenvalue weighted by atomic mass is 10.2. The van der Waals surface area contributed by atoms with Gasteiger partial charge in [0.05, 0.1) is 11.3 Å². The van der Waals surface area contributed by atoms with Crippen molar-refractivity contribution in [2.24, 2.45) is 0 Å². The first-order valence-electron chi connectivity index (χ1n) is 8.73. The summed E-state index contributed by atoms with van der Waals surface area (Å²) < 4.78 is 20.7. The minimum Gasteiger partial charge on any atom is -0.449 e. The average Bonchev–Trinajstić information content (AvgIpc) is 3.10. The number of aromatic nitrogens is 3. The number of nitrogens with one attached hydrogen (secondary N) is 1. The van der Waals surface area contributed by atoms with Gasteiger partial charge in [-0.2, -0.15) is 0 Å². The lowest BCUT2D eigenvalue weighted by Gasteiger charge is -2.14. The lowest BCUT2D eigenvalue weighted by molar-refractivity contribution is -0.123. The number of benzene rings is 2. The van der Waals surface area contributed by atoms with Gasteiger partial charge in [0.1, 0.15) is 11.6 Å². The van der Waals surface area contributed by atoms with Crippen LogP contribution in [0, 0.1) is 12.7 Å². The van der Waals surface area contributed by atoms with Crippen molar-refractivity contribution in [3.05, 3.63) is 65.7 Å². The Morgan fingerprint density at radius 3 is 2.48 bits per heavy atom. The van der Waals surface area contributed by atoms with Gasteiger partial charge in [0.15, 0.2) is 11.3 Å². The molecule has 7 nitrogen and oxygen atoms in total. The number of hydrogen-bond acceptors (Lipinski definition) is 6. The van der Waals surface area contributed by atoms with Crippen molar-refractivity contribution in [1.29, 1.82) is 0 Å². The zero-order valence-electron chi connectivity index (χ0n) is 16.0. The van der Waals surface area contributed by atoms with Crippen LogP contribution in [-0.4, -0.2) is 39.0 Å². The minimum atomic E-state index is -1.09. The predicted molar refractivity (Wildman–Crippen MR) is 108 cm³/mol. The number of amides is 1. The smallest absolute Gasteiger partial charge is 0.338 e. The number of rotatable bonds is 6. The standard InChI is InChI=1S/C20H19FN4O3S/c1-12(18(26)22-17-7-5-4-6-16(17)21)28-19(27)14-8-10-15(11-9-14)25-13(2)23-24-20(25)29-3/h4-12H,1-3H3,(H,22,26). The Balaban J connectivity index is 1.67. The first-order valence-corrected chi connectivity index (χ1v) is 9.96. The second-order valence-corrected chi connectivity index (χ2v) is 6.91. The minimum absolute atomic E-state index is 0.0265. The Bertz CT molecular complexity index is 1040. The average molecular weight is 414 g/mol. The monoisotopic (exact) mass is 414 g/mol. The number of carbonyl (C=O) groups excluding carboxylic acids is 2. The summed E-state index contributed by atoms with van der Waals surface area (Å²) in [6.07, 6.45) is 0.810. The van der Waals surface area contributed by atoms with Crippen molar-refractivity contribution < 1.29 is 18.7 Å². The van der Waals surface area contributed by atoms with Gasteiger partial charge in [-0.1, -0.05) is 23.9 Å². The van der Waals surface area contributed by atoms with Gasteiger partial charge in [-0.3, -0.25) is 9.36 Å². The molecular weight excluding hydrogens is 395 g/mol. The Hall–Kier alpha value is -3.20. The quantitative estimate of drug-likeness (QED) is 0.490. The number of halogens is 1. The Morgan fingerprint density at radius 1 is 1.14 bits per heavy atom. The molecule has 1 atom stereocenters. The maximum absolute atomic E-state index is 13.6. The second kappa shape index (κ2) is 8.87. The molecule has 0 aliphatic heterocycles. The summed E-state index contributed by atoms with van der Waals surface area (Å²) in [6.45, 7) is 3.26. The molecular formula is C20H19FN4O3S. The number of esters is 1. The van der Waals surface area contributed by atoms with E-state index in [4.69, 9.17) is 4.74 Å². The zero-order chi connectivity index (χ0) is 21.0. The maximum Gasteiger partial charge on any atom is 0.338 e. The van der Waals surface area contributed by atoms with E-state index in [1.807, 2.05) is 17.7 Å². The van der Waals surface area contributed by atoms with Crippen LogP contribution < -0.4 is 5.32 Å². The molecule has 150 valence electrons. The van der Waals surface area contributed by atoms with Gasteiger partial charge in [0.25, 0.3) is 5.91 Å². The summed E-state index contributed by atoms with van der Waals surface area (Å²) in [5, 5.41) is 11.3. The number of hydrogen-bond donors (Lipinski definition) is 1. The number of ether oxygens (including phenoxy) is 1. The van der Waals surface area contributed by atoms with E-state index < -0.39 is 23.8 Å². The highest BCUT2D eigenvalue weighted by Gasteiger charge is 2.20. The van der Waals surface area contributed by atoms with E-state index in [0.717, 1.165) is 16.7 Å². The molecule has 1 heterocycles. The van der Waals surface area contributed by atoms with E-state index in [1.165, 1.54) is 36.9 Å². The fraction of sp³-hybridized carbons (Fsp3) is 0.200. The molecule has 0 saturated heterocycles. The molecule has 1 amide bonds. The van der Waals surface area contributed by atoms with Gasteiger partial charge >= 0.3 is 5.97 Å². The molecule has 0 fully saturated rings. The number of carbonyl (C=O) groups is 2. The number of thioether (sulfide) groups is 1. The van der Waals surface area contributed by atoms with Crippen LogP contribution >= 0.6 is 11.8 Å². The van der Waals surface area contributed by atoms with E-state index in [2.05, 4.69) is 15.5 Å². The molecule has 2 aromatic carbocycles. The summed E-state index contributed by atoms with van der Waals surface area (Å²) in [5.74, 6) is -1.12. The second-order valence-electron chi connectivity index (χ2n) is 6.13. The Morgan fingerprint density at radius 2 is 1.83 bits per heavy atom. The molecule has 0 bridgehead atoms. The SMILES string of the molecule is CSc1nnc(C)n1-c1ccc(C(=O)OC(C)C(=O)Nc2ccccc2F)cc1. The van der Waals surface area contributed by atoms with Crippen LogP contribution in [0.5, 0.6) is 0 Å². The first-order chi connectivity index (χ1) is 13.9. The van der Waals surface area contributed by atoms with Crippen LogP contribution in [0.25, 0.3) is 5.69 Å². The molecule has 0 radical (unpaired) electrons. The summed E-state index contributed by atoms with van der Waals surface area (Å²) in [7, 11) is 0. The maximum atomic E-state index is 13.6. The normalized spacial score (nSPS) is 11.7. The van der Waals surface area contributed by atoms with Crippen LogP contribution in [0.4, 0.5) is 10.1 Å². The number of anilines is 1. The van der Waals surface area contributed by atoms with Crippen molar-refractivity contribution in [2.45, 2.75) is 25.1 Å². The van der Waals surface area contributed by atoms with Gasteiger partial charge in [0.2, 0.25) is 0 Å². The van der Waals surface area contributed by atoms with Crippen LogP contribution in [0.3, 0.4) is 0 Å².